The van der Waals surface area contributed by atoms with Crippen LogP contribution in [0.5, 0.6) is 11.5 Å². The van der Waals surface area contributed by atoms with Gasteiger partial charge in [0, 0.05) is 34.9 Å². The van der Waals surface area contributed by atoms with Crippen molar-refractivity contribution in [2.24, 2.45) is 5.73 Å². The fraction of sp³-hybridized carbons (Fsp3) is 0.206. The molecule has 2 N–H and O–H groups in total. The van der Waals surface area contributed by atoms with Gasteiger partial charge >= 0.3 is 5.97 Å². The summed E-state index contributed by atoms with van der Waals surface area (Å²) in [5, 5.41) is 0.198. The van der Waals surface area contributed by atoms with E-state index < -0.39 is 23.3 Å². The van der Waals surface area contributed by atoms with Gasteiger partial charge in [0.15, 0.2) is 0 Å². The van der Waals surface area contributed by atoms with Gasteiger partial charge in [-0.1, -0.05) is 36.4 Å². The number of anilines is 1. The van der Waals surface area contributed by atoms with Crippen LogP contribution in [0.15, 0.2) is 89.9 Å². The molecule has 1 unspecified atom stereocenters. The van der Waals surface area contributed by atoms with Crippen LogP contribution in [0.4, 0.5) is 5.69 Å². The third-order valence-corrected chi connectivity index (χ3v) is 8.67. The second-order valence-corrected chi connectivity index (χ2v) is 11.0. The fourth-order valence-corrected chi connectivity index (χ4v) is 6.44. The summed E-state index contributed by atoms with van der Waals surface area (Å²) in [5.41, 5.74) is 8.66. The molecule has 1 amide bonds. The summed E-state index contributed by atoms with van der Waals surface area (Å²) in [5.74, 6) is 0.141. The highest BCUT2D eigenvalue weighted by Gasteiger charge is 2.31. The van der Waals surface area contributed by atoms with Crippen molar-refractivity contribution in [2.45, 2.75) is 19.5 Å². The second kappa shape index (κ2) is 13.2. The van der Waals surface area contributed by atoms with Gasteiger partial charge in [-0.15, -0.1) is 11.3 Å². The summed E-state index contributed by atoms with van der Waals surface area (Å²) in [4.78, 5) is 43.9. The number of hydrogen-bond acceptors (Lipinski definition) is 8. The molecule has 0 saturated carbocycles. The molecule has 226 valence electrons. The number of rotatable bonds is 10. The highest BCUT2D eigenvalue weighted by atomic mass is 32.1. The van der Waals surface area contributed by atoms with E-state index >= 15 is 0 Å². The molecule has 5 rings (SSSR count). The molecule has 10 heteroatoms. The van der Waals surface area contributed by atoms with Crippen molar-refractivity contribution < 1.29 is 23.8 Å². The summed E-state index contributed by atoms with van der Waals surface area (Å²) in [7, 11) is 4.81. The minimum atomic E-state index is -1.23. The van der Waals surface area contributed by atoms with Gasteiger partial charge in [-0.25, -0.2) is 4.79 Å². The van der Waals surface area contributed by atoms with Crippen LogP contribution in [0.1, 0.15) is 34.5 Å². The topological polar surface area (TPSA) is 113 Å². The molecule has 9 nitrogen and oxygen atoms in total. The highest BCUT2D eigenvalue weighted by Crippen LogP contribution is 2.42. The van der Waals surface area contributed by atoms with E-state index in [1.807, 2.05) is 59.2 Å². The zero-order valence-corrected chi connectivity index (χ0v) is 25.7. The maximum absolute atomic E-state index is 14.2. The van der Waals surface area contributed by atoms with Crippen LogP contribution in [-0.2, 0) is 16.1 Å². The molecule has 5 aromatic rings. The lowest BCUT2D eigenvalue weighted by atomic mass is 9.98. The van der Waals surface area contributed by atoms with E-state index in [2.05, 4.69) is 0 Å². The number of carbonyl (C=O) groups excluding carboxylic acids is 2. The van der Waals surface area contributed by atoms with Gasteiger partial charge < -0.3 is 29.4 Å². The Morgan fingerprint density at radius 3 is 2.30 bits per heavy atom. The van der Waals surface area contributed by atoms with Gasteiger partial charge in [-0.2, -0.15) is 0 Å². The Bertz CT molecular complexity index is 1860. The van der Waals surface area contributed by atoms with Crippen LogP contribution in [0, 0.1) is 0 Å². The lowest BCUT2D eigenvalue weighted by Crippen LogP contribution is -2.36. The maximum atomic E-state index is 14.2. The molecule has 0 aliphatic heterocycles. The Morgan fingerprint density at radius 2 is 1.64 bits per heavy atom. The summed E-state index contributed by atoms with van der Waals surface area (Å²) >= 11 is 1.33. The summed E-state index contributed by atoms with van der Waals surface area (Å²) in [6.07, 6.45) is 1.51. The Morgan fingerprint density at radius 1 is 0.955 bits per heavy atom. The first-order chi connectivity index (χ1) is 21.3. The number of carbonyl (C=O) groups is 2. The third kappa shape index (κ3) is 5.82. The Labute approximate surface area is 259 Å². The minimum Gasteiger partial charge on any atom is -0.497 e. The molecule has 2 heterocycles. The number of para-hydroxylation sites is 2. The van der Waals surface area contributed by atoms with Crippen LogP contribution >= 0.6 is 11.3 Å². The summed E-state index contributed by atoms with van der Waals surface area (Å²) < 4.78 is 18.0. The molecule has 2 aromatic heterocycles. The Balaban J connectivity index is 1.80. The van der Waals surface area contributed by atoms with Crippen molar-refractivity contribution in [1.82, 2.24) is 4.57 Å². The number of likely N-dealkylation sites (N-methyl/N-ethyl adjacent to an activating group) is 1. The number of benzene rings is 3. The second-order valence-electron chi connectivity index (χ2n) is 10.00. The van der Waals surface area contributed by atoms with Crippen LogP contribution < -0.4 is 25.5 Å². The van der Waals surface area contributed by atoms with E-state index in [0.29, 0.717) is 32.5 Å². The van der Waals surface area contributed by atoms with Gasteiger partial charge in [0.25, 0.3) is 0 Å². The number of ether oxygens (including phenoxy) is 3. The molecule has 0 fully saturated rings. The molecular formula is C34H33N3O6S. The van der Waals surface area contributed by atoms with Crippen molar-refractivity contribution in [1.29, 1.82) is 0 Å². The number of amides is 1. The zero-order valence-electron chi connectivity index (χ0n) is 24.9. The average Bonchev–Trinajstić information content (AvgIpc) is 3.47. The summed E-state index contributed by atoms with van der Waals surface area (Å²) in [6.45, 7) is 2.05. The molecule has 0 aliphatic rings. The van der Waals surface area contributed by atoms with E-state index in [9.17, 15) is 14.4 Å². The van der Waals surface area contributed by atoms with Gasteiger partial charge in [0.05, 0.1) is 32.8 Å². The minimum absolute atomic E-state index is 0.0935. The van der Waals surface area contributed by atoms with Crippen LogP contribution in [0.25, 0.3) is 20.7 Å². The largest absolute Gasteiger partial charge is 0.497 e. The molecule has 3 aromatic carbocycles. The first-order valence-corrected chi connectivity index (χ1v) is 14.8. The number of esters is 1. The van der Waals surface area contributed by atoms with E-state index in [0.717, 1.165) is 11.1 Å². The van der Waals surface area contributed by atoms with Crippen molar-refractivity contribution in [2.75, 3.05) is 32.8 Å². The van der Waals surface area contributed by atoms with Gasteiger partial charge in [0.2, 0.25) is 11.3 Å². The number of hydrogen-bond donors (Lipinski definition) is 1. The molecule has 44 heavy (non-hydrogen) atoms. The van der Waals surface area contributed by atoms with Crippen molar-refractivity contribution in [3.63, 3.8) is 0 Å². The van der Waals surface area contributed by atoms with E-state index in [1.54, 1.807) is 52.5 Å². The number of aromatic nitrogens is 1. The average molecular weight is 612 g/mol. The summed E-state index contributed by atoms with van der Waals surface area (Å²) in [6, 6.07) is 22.7. The first-order valence-electron chi connectivity index (χ1n) is 14.0. The number of pyridine rings is 1. The van der Waals surface area contributed by atoms with E-state index in [1.165, 1.54) is 22.4 Å². The van der Waals surface area contributed by atoms with Crippen LogP contribution in [0.3, 0.4) is 0 Å². The normalized spacial score (nSPS) is 11.7. The Kier molecular flexibility index (Phi) is 9.12. The lowest BCUT2D eigenvalue weighted by molar-refractivity contribution is -0.119. The lowest BCUT2D eigenvalue weighted by Gasteiger charge is -2.22. The number of nitrogens with two attached hydrogens (primary N) is 1. The number of thiophene rings is 1. The zero-order chi connectivity index (χ0) is 31.4. The number of fused-ring (bicyclic) bond motifs is 1. The SMILES string of the molecule is CCOC(=O)c1cn(Cc2ccccc2OC)c2sc(-c3ccc(OC)cc3)c(C(N)C(=O)N(C)c3ccccc3)c2c1=O. The number of nitrogens with zero attached hydrogens (tertiary/aromatic N) is 2. The van der Waals surface area contributed by atoms with Gasteiger partial charge in [-0.3, -0.25) is 9.59 Å². The molecular weight excluding hydrogens is 578 g/mol. The molecule has 1 atom stereocenters. The smallest absolute Gasteiger partial charge is 0.343 e. The predicted molar refractivity (Wildman–Crippen MR) is 173 cm³/mol. The fourth-order valence-electron chi connectivity index (χ4n) is 5.11. The van der Waals surface area contributed by atoms with Crippen molar-refractivity contribution >= 4 is 39.1 Å². The maximum Gasteiger partial charge on any atom is 0.343 e. The molecule has 0 bridgehead atoms. The van der Waals surface area contributed by atoms with E-state index in [4.69, 9.17) is 19.9 Å². The molecule has 0 radical (unpaired) electrons. The highest BCUT2D eigenvalue weighted by molar-refractivity contribution is 7.22. The molecule has 0 spiro atoms. The van der Waals surface area contributed by atoms with Crippen molar-refractivity contribution in [3.05, 3.63) is 112 Å². The molecule has 0 aliphatic carbocycles. The Hall–Kier alpha value is -4.93. The third-order valence-electron chi connectivity index (χ3n) is 7.38. The quantitative estimate of drug-likeness (QED) is 0.204. The van der Waals surface area contributed by atoms with Crippen molar-refractivity contribution in [3.8, 4) is 21.9 Å². The first kappa shape index (κ1) is 30.5. The monoisotopic (exact) mass is 611 g/mol. The van der Waals surface area contributed by atoms with Crippen LogP contribution in [-0.4, -0.2) is 44.3 Å². The van der Waals surface area contributed by atoms with Gasteiger partial charge in [0.1, 0.15) is 27.9 Å². The van der Waals surface area contributed by atoms with Gasteiger partial charge in [-0.05, 0) is 55.0 Å². The van der Waals surface area contributed by atoms with E-state index in [-0.39, 0.29) is 24.1 Å². The standard InChI is InChI=1S/C34H33N3O6S/c1-5-43-34(40)25-20-37(19-22-11-9-10-14-26(22)42-4)33-28(30(25)38)27(31(44-33)21-15-17-24(41-3)18-16-21)29(35)32(39)36(2)23-12-7-6-8-13-23/h6-18,20,29H,5,19,35H2,1-4H3. The van der Waals surface area contributed by atoms with Crippen LogP contribution in [0.2, 0.25) is 0 Å². The molecule has 0 saturated heterocycles. The number of methoxy groups -OCH3 is 2. The predicted octanol–water partition coefficient (Wildman–Crippen LogP) is 5.64.